The van der Waals surface area contributed by atoms with E-state index in [4.69, 9.17) is 23.8 Å². The molecular weight excluding hydrogens is 333 g/mol. The Balaban J connectivity index is 1.75. The number of rotatable bonds is 3. The van der Waals surface area contributed by atoms with Gasteiger partial charge in [0.25, 0.3) is 0 Å². The van der Waals surface area contributed by atoms with Crippen LogP contribution in [0, 0.1) is 0 Å². The van der Waals surface area contributed by atoms with Crippen molar-refractivity contribution in [2.75, 3.05) is 20.3 Å². The molecule has 1 unspecified atom stereocenters. The number of aromatic nitrogens is 1. The molecular formula is C19H22BNO5. The molecule has 7 heteroatoms. The van der Waals surface area contributed by atoms with Crippen molar-refractivity contribution in [2.24, 2.45) is 0 Å². The van der Waals surface area contributed by atoms with Gasteiger partial charge in [0.05, 0.1) is 12.8 Å². The zero-order chi connectivity index (χ0) is 18.3. The van der Waals surface area contributed by atoms with Crippen LogP contribution in [0.2, 0.25) is 6.32 Å². The predicted octanol–water partition coefficient (Wildman–Crippen LogP) is 2.90. The number of pyridine rings is 1. The molecule has 0 aliphatic carbocycles. The van der Waals surface area contributed by atoms with Gasteiger partial charge in [0.2, 0.25) is 5.75 Å². The Morgan fingerprint density at radius 3 is 2.81 bits per heavy atom. The highest BCUT2D eigenvalue weighted by Crippen LogP contribution is 2.48. The first-order valence-electron chi connectivity index (χ1n) is 8.76. The van der Waals surface area contributed by atoms with E-state index in [-0.39, 0.29) is 5.92 Å². The van der Waals surface area contributed by atoms with Gasteiger partial charge in [-0.25, -0.2) is 0 Å². The monoisotopic (exact) mass is 355 g/mol. The highest BCUT2D eigenvalue weighted by atomic mass is 16.6. The van der Waals surface area contributed by atoms with Crippen LogP contribution in [0.25, 0.3) is 11.3 Å². The normalized spacial score (nSPS) is 20.9. The van der Waals surface area contributed by atoms with E-state index in [0.717, 1.165) is 17.0 Å². The Morgan fingerprint density at radius 2 is 2.08 bits per heavy atom. The molecule has 0 spiro atoms. The second-order valence-corrected chi connectivity index (χ2v) is 7.29. The molecule has 2 aliphatic rings. The smallest absolute Gasteiger partial charge is 0.454 e. The van der Waals surface area contributed by atoms with Crippen molar-refractivity contribution >= 4 is 7.12 Å². The Hall–Kier alpha value is -2.25. The third-order valence-electron chi connectivity index (χ3n) is 4.68. The standard InChI is InChI=1S/C19H22BNO5/c1-19(2)11-24-17-13(7-8-16(23-3)18(17)26-19)15-6-4-5-14(21-15)12-9-20(22)25-10-12/h4-8,12,22H,9-11H2,1-3H3. The van der Waals surface area contributed by atoms with Crippen molar-refractivity contribution < 1.29 is 23.9 Å². The second kappa shape index (κ2) is 6.48. The number of ether oxygens (including phenoxy) is 3. The van der Waals surface area contributed by atoms with Gasteiger partial charge in [0.15, 0.2) is 11.5 Å². The summed E-state index contributed by atoms with van der Waals surface area (Å²) < 4.78 is 22.9. The van der Waals surface area contributed by atoms with Crippen molar-refractivity contribution in [2.45, 2.75) is 31.7 Å². The van der Waals surface area contributed by atoms with E-state index in [0.29, 0.717) is 36.8 Å². The van der Waals surface area contributed by atoms with Gasteiger partial charge in [0, 0.05) is 23.8 Å². The zero-order valence-electron chi connectivity index (χ0n) is 15.2. The topological polar surface area (TPSA) is 70.0 Å². The fourth-order valence-electron chi connectivity index (χ4n) is 3.34. The lowest BCUT2D eigenvalue weighted by Crippen LogP contribution is -2.39. The number of fused-ring (bicyclic) bond motifs is 1. The quantitative estimate of drug-likeness (QED) is 0.854. The summed E-state index contributed by atoms with van der Waals surface area (Å²) in [5.41, 5.74) is 2.13. The van der Waals surface area contributed by atoms with Gasteiger partial charge in [-0.15, -0.1) is 0 Å². The number of benzene rings is 1. The van der Waals surface area contributed by atoms with Crippen molar-refractivity contribution in [3.05, 3.63) is 36.0 Å². The van der Waals surface area contributed by atoms with Crippen LogP contribution < -0.4 is 14.2 Å². The summed E-state index contributed by atoms with van der Waals surface area (Å²) in [7, 11) is 0.906. The SMILES string of the molecule is COc1ccc(-c2cccc(C3COB(O)C3)n2)c2c1OC(C)(C)CO2. The van der Waals surface area contributed by atoms with Crippen molar-refractivity contribution in [3.8, 4) is 28.5 Å². The van der Waals surface area contributed by atoms with Crippen LogP contribution in [0.3, 0.4) is 0 Å². The fraction of sp³-hybridized carbons (Fsp3) is 0.421. The zero-order valence-corrected chi connectivity index (χ0v) is 15.2. The number of hydrogen-bond donors (Lipinski definition) is 1. The van der Waals surface area contributed by atoms with Crippen LogP contribution in [-0.2, 0) is 4.65 Å². The lowest BCUT2D eigenvalue weighted by Gasteiger charge is -2.34. The summed E-state index contributed by atoms with van der Waals surface area (Å²) in [4.78, 5) is 4.79. The molecule has 26 heavy (non-hydrogen) atoms. The van der Waals surface area contributed by atoms with Crippen LogP contribution in [0.5, 0.6) is 17.2 Å². The van der Waals surface area contributed by atoms with Crippen LogP contribution in [-0.4, -0.2) is 43.1 Å². The van der Waals surface area contributed by atoms with Gasteiger partial charge in [-0.05, 0) is 44.4 Å². The molecule has 136 valence electrons. The maximum atomic E-state index is 9.61. The minimum atomic E-state index is -0.710. The van der Waals surface area contributed by atoms with Crippen LogP contribution >= 0.6 is 0 Å². The lowest BCUT2D eigenvalue weighted by molar-refractivity contribution is 0.0190. The molecule has 1 aromatic carbocycles. The largest absolute Gasteiger partial charge is 0.493 e. The molecule has 1 saturated heterocycles. The summed E-state index contributed by atoms with van der Waals surface area (Å²) in [6.45, 7) is 4.88. The summed E-state index contributed by atoms with van der Waals surface area (Å²) in [6.07, 6.45) is 0.560. The van der Waals surface area contributed by atoms with Crippen LogP contribution in [0.4, 0.5) is 0 Å². The number of methoxy groups -OCH3 is 1. The molecule has 0 bridgehead atoms. The van der Waals surface area contributed by atoms with E-state index in [1.807, 2.05) is 44.2 Å². The fourth-order valence-corrected chi connectivity index (χ4v) is 3.34. The molecule has 1 aromatic heterocycles. The molecule has 2 aromatic rings. The van der Waals surface area contributed by atoms with E-state index in [1.54, 1.807) is 7.11 Å². The molecule has 4 rings (SSSR count). The lowest BCUT2D eigenvalue weighted by atomic mass is 9.81. The van der Waals surface area contributed by atoms with Gasteiger partial charge in [-0.3, -0.25) is 4.98 Å². The molecule has 2 aliphatic heterocycles. The number of hydrogen-bond acceptors (Lipinski definition) is 6. The Bertz CT molecular complexity index is 826. The van der Waals surface area contributed by atoms with E-state index < -0.39 is 12.7 Å². The van der Waals surface area contributed by atoms with E-state index >= 15 is 0 Å². The summed E-state index contributed by atoms with van der Waals surface area (Å²) in [5.74, 6) is 1.99. The van der Waals surface area contributed by atoms with Crippen molar-refractivity contribution in [1.82, 2.24) is 4.98 Å². The van der Waals surface area contributed by atoms with E-state index in [9.17, 15) is 5.02 Å². The number of nitrogens with zero attached hydrogens (tertiary/aromatic N) is 1. The molecule has 0 saturated carbocycles. The highest BCUT2D eigenvalue weighted by Gasteiger charge is 2.34. The first kappa shape index (κ1) is 17.2. The van der Waals surface area contributed by atoms with Gasteiger partial charge in [0.1, 0.15) is 12.2 Å². The Labute approximate surface area is 153 Å². The molecule has 3 heterocycles. The Morgan fingerprint density at radius 1 is 1.23 bits per heavy atom. The predicted molar refractivity (Wildman–Crippen MR) is 97.9 cm³/mol. The van der Waals surface area contributed by atoms with Crippen molar-refractivity contribution in [3.63, 3.8) is 0 Å². The van der Waals surface area contributed by atoms with Gasteiger partial charge >= 0.3 is 7.12 Å². The molecule has 0 amide bonds. The minimum Gasteiger partial charge on any atom is -0.493 e. The first-order chi connectivity index (χ1) is 12.5. The van der Waals surface area contributed by atoms with Gasteiger partial charge < -0.3 is 23.9 Å². The van der Waals surface area contributed by atoms with Crippen molar-refractivity contribution in [1.29, 1.82) is 0 Å². The Kier molecular flexibility index (Phi) is 4.29. The third-order valence-corrected chi connectivity index (χ3v) is 4.68. The summed E-state index contributed by atoms with van der Waals surface area (Å²) >= 11 is 0. The average Bonchev–Trinajstić information content (AvgIpc) is 3.06. The third kappa shape index (κ3) is 3.13. The van der Waals surface area contributed by atoms with Crippen LogP contribution in [0.15, 0.2) is 30.3 Å². The molecule has 1 N–H and O–H groups in total. The maximum Gasteiger partial charge on any atom is 0.454 e. The minimum absolute atomic E-state index is 0.0927. The maximum absolute atomic E-state index is 9.61. The summed E-state index contributed by atoms with van der Waals surface area (Å²) in [6, 6.07) is 9.68. The first-order valence-corrected chi connectivity index (χ1v) is 8.76. The summed E-state index contributed by atoms with van der Waals surface area (Å²) in [5, 5.41) is 9.61. The van der Waals surface area contributed by atoms with Gasteiger partial charge in [-0.2, -0.15) is 0 Å². The average molecular weight is 355 g/mol. The highest BCUT2D eigenvalue weighted by molar-refractivity contribution is 6.43. The second-order valence-electron chi connectivity index (χ2n) is 7.29. The van der Waals surface area contributed by atoms with Gasteiger partial charge in [-0.1, -0.05) is 6.07 Å². The molecule has 1 fully saturated rings. The van der Waals surface area contributed by atoms with Crippen LogP contribution in [0.1, 0.15) is 25.5 Å². The molecule has 6 nitrogen and oxygen atoms in total. The van der Waals surface area contributed by atoms with E-state index in [2.05, 4.69) is 0 Å². The van der Waals surface area contributed by atoms with E-state index in [1.165, 1.54) is 0 Å². The molecule has 0 radical (unpaired) electrons. The molecule has 1 atom stereocenters.